The minimum Gasteiger partial charge on any atom is -0.358 e. The molecule has 0 radical (unpaired) electrons. The molecule has 1 rings (SSSR count). The zero-order chi connectivity index (χ0) is 11.3. The summed E-state index contributed by atoms with van der Waals surface area (Å²) >= 11 is 0. The van der Waals surface area contributed by atoms with Gasteiger partial charge in [-0.3, -0.25) is 4.90 Å². The maximum Gasteiger partial charge on any atom is 0.100 e. The van der Waals surface area contributed by atoms with Gasteiger partial charge in [-0.05, 0) is 53.3 Å². The highest BCUT2D eigenvalue weighted by Crippen LogP contribution is 2.10. The lowest BCUT2D eigenvalue weighted by molar-refractivity contribution is 0.158. The molecule has 0 bridgehead atoms. The van der Waals surface area contributed by atoms with Crippen LogP contribution < -0.4 is 0 Å². The first kappa shape index (κ1) is 12.3. The Morgan fingerprint density at radius 1 is 1.13 bits per heavy atom. The van der Waals surface area contributed by atoms with Crippen molar-refractivity contribution in [1.29, 1.82) is 0 Å². The SMILES string of the molecule is CN(C)CCCN1C=CC=CC1N(C)C. The number of hydrogen-bond acceptors (Lipinski definition) is 3. The summed E-state index contributed by atoms with van der Waals surface area (Å²) in [5, 5.41) is 0. The Labute approximate surface area is 93.6 Å². The molecule has 3 nitrogen and oxygen atoms in total. The largest absolute Gasteiger partial charge is 0.358 e. The van der Waals surface area contributed by atoms with Crippen molar-refractivity contribution in [3.05, 3.63) is 24.4 Å². The van der Waals surface area contributed by atoms with Gasteiger partial charge in [-0.15, -0.1) is 0 Å². The van der Waals surface area contributed by atoms with Gasteiger partial charge in [-0.1, -0.05) is 6.08 Å². The Balaban J connectivity index is 2.38. The standard InChI is InChI=1S/C12H23N3/c1-13(2)9-7-11-15-10-6-5-8-12(15)14(3)4/h5-6,8,10,12H,7,9,11H2,1-4H3. The molecule has 15 heavy (non-hydrogen) atoms. The summed E-state index contributed by atoms with van der Waals surface area (Å²) in [6.07, 6.45) is 10.3. The van der Waals surface area contributed by atoms with E-state index in [1.165, 1.54) is 6.42 Å². The van der Waals surface area contributed by atoms with Crippen LogP contribution in [0.2, 0.25) is 0 Å². The van der Waals surface area contributed by atoms with Gasteiger partial charge in [0, 0.05) is 12.7 Å². The molecule has 0 fully saturated rings. The minimum absolute atomic E-state index is 0.414. The zero-order valence-corrected chi connectivity index (χ0v) is 10.3. The maximum atomic E-state index is 2.38. The molecule has 0 N–H and O–H groups in total. The predicted octanol–water partition coefficient (Wildman–Crippen LogP) is 1.21. The van der Waals surface area contributed by atoms with E-state index in [9.17, 15) is 0 Å². The summed E-state index contributed by atoms with van der Waals surface area (Å²) in [5.41, 5.74) is 0. The lowest BCUT2D eigenvalue weighted by atomic mass is 10.2. The highest BCUT2D eigenvalue weighted by molar-refractivity contribution is 5.12. The van der Waals surface area contributed by atoms with E-state index in [4.69, 9.17) is 0 Å². The van der Waals surface area contributed by atoms with Crippen molar-refractivity contribution in [3.8, 4) is 0 Å². The van der Waals surface area contributed by atoms with Crippen LogP contribution in [0.15, 0.2) is 24.4 Å². The molecule has 1 atom stereocenters. The molecule has 0 aromatic rings. The first-order valence-corrected chi connectivity index (χ1v) is 5.53. The zero-order valence-electron chi connectivity index (χ0n) is 10.3. The number of rotatable bonds is 5. The second-order valence-corrected chi connectivity index (χ2v) is 4.50. The molecular formula is C12H23N3. The summed E-state index contributed by atoms with van der Waals surface area (Å²) in [4.78, 5) is 6.84. The topological polar surface area (TPSA) is 9.72 Å². The summed E-state index contributed by atoms with van der Waals surface area (Å²) in [5.74, 6) is 0. The van der Waals surface area contributed by atoms with E-state index in [2.05, 4.69) is 67.3 Å². The van der Waals surface area contributed by atoms with Crippen molar-refractivity contribution in [2.24, 2.45) is 0 Å². The van der Waals surface area contributed by atoms with Gasteiger partial charge in [0.15, 0.2) is 0 Å². The molecule has 1 aliphatic rings. The fraction of sp³-hybridized carbons (Fsp3) is 0.667. The smallest absolute Gasteiger partial charge is 0.100 e. The fourth-order valence-corrected chi connectivity index (χ4v) is 1.77. The summed E-state index contributed by atoms with van der Waals surface area (Å²) in [7, 11) is 8.48. The molecule has 1 aliphatic heterocycles. The molecular weight excluding hydrogens is 186 g/mol. The quantitative estimate of drug-likeness (QED) is 0.674. The molecule has 0 aliphatic carbocycles. The third-order valence-electron chi connectivity index (χ3n) is 2.56. The molecule has 1 heterocycles. The summed E-state index contributed by atoms with van der Waals surface area (Å²) in [6, 6.07) is 0. The van der Waals surface area contributed by atoms with Crippen molar-refractivity contribution in [3.63, 3.8) is 0 Å². The van der Waals surface area contributed by atoms with Crippen molar-refractivity contribution < 1.29 is 0 Å². The first-order chi connectivity index (χ1) is 7.11. The molecule has 0 amide bonds. The number of nitrogens with zero attached hydrogens (tertiary/aromatic N) is 3. The van der Waals surface area contributed by atoms with E-state index in [0.717, 1.165) is 13.1 Å². The van der Waals surface area contributed by atoms with Gasteiger partial charge in [0.05, 0.1) is 0 Å². The van der Waals surface area contributed by atoms with E-state index < -0.39 is 0 Å². The normalized spacial score (nSPS) is 20.7. The third-order valence-corrected chi connectivity index (χ3v) is 2.56. The van der Waals surface area contributed by atoms with Crippen LogP contribution >= 0.6 is 0 Å². The molecule has 0 saturated carbocycles. The second kappa shape index (κ2) is 5.93. The van der Waals surface area contributed by atoms with Crippen LogP contribution in [0.1, 0.15) is 6.42 Å². The van der Waals surface area contributed by atoms with Crippen LogP contribution in [0.25, 0.3) is 0 Å². The number of allylic oxidation sites excluding steroid dienone is 2. The molecule has 0 aromatic heterocycles. The van der Waals surface area contributed by atoms with Crippen molar-refractivity contribution >= 4 is 0 Å². The lowest BCUT2D eigenvalue weighted by Gasteiger charge is -2.35. The van der Waals surface area contributed by atoms with Gasteiger partial charge in [0.1, 0.15) is 6.17 Å². The molecule has 3 heteroatoms. The molecule has 0 aromatic carbocycles. The van der Waals surface area contributed by atoms with Crippen LogP contribution in [0.5, 0.6) is 0 Å². The molecule has 0 saturated heterocycles. The van der Waals surface area contributed by atoms with Crippen molar-refractivity contribution in [2.45, 2.75) is 12.6 Å². The monoisotopic (exact) mass is 209 g/mol. The Morgan fingerprint density at radius 3 is 2.47 bits per heavy atom. The minimum atomic E-state index is 0.414. The van der Waals surface area contributed by atoms with Crippen LogP contribution in [-0.2, 0) is 0 Å². The average Bonchev–Trinajstić information content (AvgIpc) is 2.17. The number of likely N-dealkylation sites (N-methyl/N-ethyl adjacent to an activating group) is 1. The van der Waals surface area contributed by atoms with Crippen molar-refractivity contribution in [1.82, 2.24) is 14.7 Å². The Morgan fingerprint density at radius 2 is 1.87 bits per heavy atom. The third kappa shape index (κ3) is 4.06. The Bertz CT molecular complexity index is 231. The van der Waals surface area contributed by atoms with Gasteiger partial charge in [-0.25, -0.2) is 0 Å². The van der Waals surface area contributed by atoms with Gasteiger partial charge < -0.3 is 9.80 Å². The Hall–Kier alpha value is -0.800. The van der Waals surface area contributed by atoms with Crippen LogP contribution in [0.4, 0.5) is 0 Å². The fourth-order valence-electron chi connectivity index (χ4n) is 1.77. The van der Waals surface area contributed by atoms with E-state index in [0.29, 0.717) is 6.17 Å². The number of hydrogen-bond donors (Lipinski definition) is 0. The maximum absolute atomic E-state index is 2.38. The van der Waals surface area contributed by atoms with Crippen LogP contribution in [0.3, 0.4) is 0 Å². The van der Waals surface area contributed by atoms with E-state index in [1.807, 2.05) is 0 Å². The second-order valence-electron chi connectivity index (χ2n) is 4.50. The van der Waals surface area contributed by atoms with E-state index in [1.54, 1.807) is 0 Å². The van der Waals surface area contributed by atoms with Gasteiger partial charge in [0.25, 0.3) is 0 Å². The predicted molar refractivity (Wildman–Crippen MR) is 65.6 cm³/mol. The Kier molecular flexibility index (Phi) is 4.85. The van der Waals surface area contributed by atoms with Crippen LogP contribution in [0, 0.1) is 0 Å². The first-order valence-electron chi connectivity index (χ1n) is 5.53. The van der Waals surface area contributed by atoms with E-state index in [-0.39, 0.29) is 0 Å². The van der Waals surface area contributed by atoms with Gasteiger partial charge in [0.2, 0.25) is 0 Å². The summed E-state index contributed by atoms with van der Waals surface area (Å²) < 4.78 is 0. The highest BCUT2D eigenvalue weighted by Gasteiger charge is 2.15. The highest BCUT2D eigenvalue weighted by atomic mass is 15.3. The lowest BCUT2D eigenvalue weighted by Crippen LogP contribution is -2.42. The van der Waals surface area contributed by atoms with Crippen molar-refractivity contribution in [2.75, 3.05) is 41.3 Å². The van der Waals surface area contributed by atoms with E-state index >= 15 is 0 Å². The van der Waals surface area contributed by atoms with Gasteiger partial charge in [-0.2, -0.15) is 0 Å². The average molecular weight is 209 g/mol. The molecule has 1 unspecified atom stereocenters. The van der Waals surface area contributed by atoms with Gasteiger partial charge >= 0.3 is 0 Å². The molecule has 0 spiro atoms. The summed E-state index contributed by atoms with van der Waals surface area (Å²) in [6.45, 7) is 2.26. The van der Waals surface area contributed by atoms with Crippen LogP contribution in [-0.4, -0.2) is 62.1 Å². The molecule has 86 valence electrons.